The fraction of sp³-hybridized carbons (Fsp3) is 0.632. The highest BCUT2D eigenvalue weighted by molar-refractivity contribution is 5.29. The molecule has 2 aliphatic rings. The van der Waals surface area contributed by atoms with Gasteiger partial charge in [-0.05, 0) is 66.8 Å². The number of hydrogen-bond donors (Lipinski definition) is 2. The molecule has 0 spiro atoms. The molecule has 134 valence electrons. The molecule has 1 aromatic heterocycles. The van der Waals surface area contributed by atoms with Crippen molar-refractivity contribution in [3.63, 3.8) is 0 Å². The molecular formula is C19H28N5O+. The third-order valence-electron chi connectivity index (χ3n) is 5.83. The van der Waals surface area contributed by atoms with E-state index in [1.165, 1.54) is 56.9 Å². The number of piperidine rings is 1. The molecule has 0 amide bonds. The first-order chi connectivity index (χ1) is 12.3. The second-order valence-electron chi connectivity index (χ2n) is 7.52. The Balaban J connectivity index is 1.70. The molecular weight excluding hydrogens is 314 g/mol. The molecule has 2 N–H and O–H groups in total. The van der Waals surface area contributed by atoms with Crippen molar-refractivity contribution in [1.82, 2.24) is 20.2 Å². The van der Waals surface area contributed by atoms with Crippen LogP contribution >= 0.6 is 0 Å². The van der Waals surface area contributed by atoms with Gasteiger partial charge in [-0.15, -0.1) is 5.10 Å². The molecule has 1 aliphatic carbocycles. The molecule has 4 rings (SSSR count). The first kappa shape index (κ1) is 16.5. The summed E-state index contributed by atoms with van der Waals surface area (Å²) in [5.74, 6) is 1.30. The Bertz CT molecular complexity index is 671. The minimum atomic E-state index is 0.151. The predicted molar refractivity (Wildman–Crippen MR) is 94.4 cm³/mol. The van der Waals surface area contributed by atoms with Crippen LogP contribution in [0.4, 0.5) is 0 Å². The number of hydrogen-bond acceptors (Lipinski definition) is 4. The first-order valence-corrected chi connectivity index (χ1v) is 9.74. The van der Waals surface area contributed by atoms with Crippen LogP contribution in [-0.2, 0) is 0 Å². The van der Waals surface area contributed by atoms with Crippen molar-refractivity contribution in [1.29, 1.82) is 0 Å². The van der Waals surface area contributed by atoms with Crippen LogP contribution in [0.25, 0.3) is 0 Å². The van der Waals surface area contributed by atoms with E-state index in [1.807, 2.05) is 12.1 Å². The maximum Gasteiger partial charge on any atom is 0.214 e. The molecule has 2 fully saturated rings. The number of nitrogens with one attached hydrogen (secondary N) is 1. The molecule has 2 aromatic rings. The first-order valence-electron chi connectivity index (χ1n) is 9.74. The average Bonchev–Trinajstić information content (AvgIpc) is 3.14. The summed E-state index contributed by atoms with van der Waals surface area (Å²) in [4.78, 5) is 1.55. The lowest BCUT2D eigenvalue weighted by Gasteiger charge is -2.32. The van der Waals surface area contributed by atoms with Gasteiger partial charge < -0.3 is 10.0 Å². The minimum absolute atomic E-state index is 0.151. The highest BCUT2D eigenvalue weighted by atomic mass is 16.3. The molecule has 6 heteroatoms. The molecule has 0 unspecified atom stereocenters. The zero-order chi connectivity index (χ0) is 17.1. The summed E-state index contributed by atoms with van der Waals surface area (Å²) in [6.07, 6.45) is 10.1. The average molecular weight is 342 g/mol. The van der Waals surface area contributed by atoms with Gasteiger partial charge in [0.25, 0.3) is 0 Å². The molecule has 0 radical (unpaired) electrons. The van der Waals surface area contributed by atoms with Crippen molar-refractivity contribution in [3.05, 3.63) is 35.7 Å². The topological polar surface area (TPSA) is 68.3 Å². The van der Waals surface area contributed by atoms with Gasteiger partial charge in [0.1, 0.15) is 5.75 Å². The Morgan fingerprint density at radius 2 is 1.64 bits per heavy atom. The van der Waals surface area contributed by atoms with Crippen LogP contribution in [0.2, 0.25) is 0 Å². The smallest absolute Gasteiger partial charge is 0.214 e. The van der Waals surface area contributed by atoms with Crippen LogP contribution in [0.15, 0.2) is 24.3 Å². The highest BCUT2D eigenvalue weighted by Crippen LogP contribution is 2.30. The monoisotopic (exact) mass is 342 g/mol. The fourth-order valence-electron chi connectivity index (χ4n) is 4.50. The van der Waals surface area contributed by atoms with Crippen LogP contribution in [0, 0.1) is 0 Å². The Labute approximate surface area is 148 Å². The maximum absolute atomic E-state index is 9.69. The van der Waals surface area contributed by atoms with Crippen molar-refractivity contribution in [3.8, 4) is 5.75 Å². The van der Waals surface area contributed by atoms with Crippen LogP contribution in [-0.4, -0.2) is 38.4 Å². The third-order valence-corrected chi connectivity index (χ3v) is 5.83. The van der Waals surface area contributed by atoms with E-state index >= 15 is 0 Å². The van der Waals surface area contributed by atoms with E-state index < -0.39 is 0 Å². The summed E-state index contributed by atoms with van der Waals surface area (Å²) in [5.41, 5.74) is 1.20. The fourth-order valence-corrected chi connectivity index (χ4v) is 4.50. The SMILES string of the molecule is Oc1ccc([C@@H](c2nnnn2C2CCCCC2)[NH+]2CCCCC2)cc1. The number of phenolic OH excluding ortho intramolecular Hbond substituents is 1. The standard InChI is InChI=1S/C19H27N5O/c25-17-11-9-15(10-12-17)18(23-13-5-2-6-14-23)19-20-21-22-24(19)16-7-3-1-4-8-16/h9-12,16,18,25H,1-8,13-14H2/p+1/t18-/m0/s1. The molecule has 1 aromatic carbocycles. The van der Waals surface area contributed by atoms with Gasteiger partial charge in [-0.1, -0.05) is 19.3 Å². The van der Waals surface area contributed by atoms with Crippen LogP contribution < -0.4 is 4.90 Å². The number of quaternary nitrogens is 1. The number of rotatable bonds is 4. The number of aromatic nitrogens is 4. The van der Waals surface area contributed by atoms with E-state index in [1.54, 1.807) is 17.0 Å². The molecule has 0 bridgehead atoms. The number of likely N-dealkylation sites (tertiary alicyclic amines) is 1. The minimum Gasteiger partial charge on any atom is -0.508 e. The van der Waals surface area contributed by atoms with Crippen molar-refractivity contribution >= 4 is 0 Å². The van der Waals surface area contributed by atoms with Gasteiger partial charge in [0.05, 0.1) is 19.1 Å². The van der Waals surface area contributed by atoms with E-state index in [0.29, 0.717) is 11.8 Å². The Morgan fingerprint density at radius 3 is 2.36 bits per heavy atom. The number of benzene rings is 1. The Hall–Kier alpha value is -1.95. The maximum atomic E-state index is 9.69. The van der Waals surface area contributed by atoms with Gasteiger partial charge in [0.2, 0.25) is 5.82 Å². The van der Waals surface area contributed by atoms with Crippen molar-refractivity contribution in [2.45, 2.75) is 63.5 Å². The summed E-state index contributed by atoms with van der Waals surface area (Å²) in [6.45, 7) is 2.31. The number of tetrazole rings is 1. The summed E-state index contributed by atoms with van der Waals surface area (Å²) < 4.78 is 2.11. The van der Waals surface area contributed by atoms with Crippen LogP contribution in [0.5, 0.6) is 5.75 Å². The van der Waals surface area contributed by atoms with E-state index in [0.717, 1.165) is 18.9 Å². The van der Waals surface area contributed by atoms with Crippen molar-refractivity contribution in [2.75, 3.05) is 13.1 Å². The lowest BCUT2D eigenvalue weighted by Crippen LogP contribution is -3.13. The molecule has 1 atom stereocenters. The van der Waals surface area contributed by atoms with E-state index in [9.17, 15) is 5.11 Å². The summed E-state index contributed by atoms with van der Waals surface area (Å²) in [5, 5.41) is 22.6. The summed E-state index contributed by atoms with van der Waals surface area (Å²) in [6, 6.07) is 8.20. The zero-order valence-electron chi connectivity index (χ0n) is 14.8. The Kier molecular flexibility index (Phi) is 4.97. The number of aromatic hydroxyl groups is 1. The molecule has 1 aliphatic heterocycles. The zero-order valence-corrected chi connectivity index (χ0v) is 14.8. The van der Waals surface area contributed by atoms with Gasteiger partial charge in [0, 0.05) is 5.56 Å². The van der Waals surface area contributed by atoms with E-state index in [-0.39, 0.29) is 6.04 Å². The van der Waals surface area contributed by atoms with Gasteiger partial charge in [-0.25, -0.2) is 4.68 Å². The van der Waals surface area contributed by atoms with Crippen molar-refractivity contribution in [2.24, 2.45) is 0 Å². The highest BCUT2D eigenvalue weighted by Gasteiger charge is 2.34. The molecule has 6 nitrogen and oxygen atoms in total. The molecule has 1 saturated carbocycles. The summed E-state index contributed by atoms with van der Waals surface area (Å²) >= 11 is 0. The molecule has 25 heavy (non-hydrogen) atoms. The van der Waals surface area contributed by atoms with Crippen molar-refractivity contribution < 1.29 is 10.0 Å². The van der Waals surface area contributed by atoms with E-state index in [4.69, 9.17) is 0 Å². The molecule has 1 saturated heterocycles. The third kappa shape index (κ3) is 3.54. The second-order valence-corrected chi connectivity index (χ2v) is 7.52. The lowest BCUT2D eigenvalue weighted by atomic mass is 9.94. The van der Waals surface area contributed by atoms with Crippen LogP contribution in [0.3, 0.4) is 0 Å². The van der Waals surface area contributed by atoms with E-state index in [2.05, 4.69) is 20.2 Å². The Morgan fingerprint density at radius 1 is 0.960 bits per heavy atom. The summed E-state index contributed by atoms with van der Waals surface area (Å²) in [7, 11) is 0. The van der Waals surface area contributed by atoms with Gasteiger partial charge in [0.15, 0.2) is 6.04 Å². The number of nitrogens with zero attached hydrogens (tertiary/aromatic N) is 4. The second kappa shape index (κ2) is 7.52. The number of phenols is 1. The van der Waals surface area contributed by atoms with Crippen LogP contribution in [0.1, 0.15) is 74.8 Å². The van der Waals surface area contributed by atoms with Gasteiger partial charge in [-0.2, -0.15) is 0 Å². The quantitative estimate of drug-likeness (QED) is 0.892. The predicted octanol–water partition coefficient (Wildman–Crippen LogP) is 2.04. The normalized spacial score (nSPS) is 21.3. The molecule has 2 heterocycles. The lowest BCUT2D eigenvalue weighted by molar-refractivity contribution is -0.931. The van der Waals surface area contributed by atoms with Gasteiger partial charge in [-0.3, -0.25) is 0 Å². The van der Waals surface area contributed by atoms with Gasteiger partial charge >= 0.3 is 0 Å². The largest absolute Gasteiger partial charge is 0.508 e.